The second-order valence-electron chi connectivity index (χ2n) is 5.71. The summed E-state index contributed by atoms with van der Waals surface area (Å²) in [5.74, 6) is -1.43. The smallest absolute Gasteiger partial charge is 0.344 e. The molecular weight excluding hydrogens is 347 g/mol. The predicted molar refractivity (Wildman–Crippen MR) is 99.1 cm³/mol. The van der Waals surface area contributed by atoms with E-state index in [0.29, 0.717) is 5.75 Å². The maximum Gasteiger partial charge on any atom is 0.344 e. The Balaban J connectivity index is 1.57. The number of hydrogen-bond acceptors (Lipinski definition) is 4. The molecule has 3 aromatic rings. The summed E-state index contributed by atoms with van der Waals surface area (Å²) in [6, 6.07) is 22.5. The Morgan fingerprint density at radius 3 is 2.22 bits per heavy atom. The van der Waals surface area contributed by atoms with E-state index in [9.17, 15) is 14.0 Å². The second-order valence-corrected chi connectivity index (χ2v) is 5.71. The summed E-state index contributed by atoms with van der Waals surface area (Å²) in [6.07, 6.45) is 0. The van der Waals surface area contributed by atoms with Crippen LogP contribution < -0.4 is 4.74 Å². The molecule has 0 bridgehead atoms. The van der Waals surface area contributed by atoms with Crippen LogP contribution in [0, 0.1) is 5.82 Å². The maximum atomic E-state index is 13.6. The van der Waals surface area contributed by atoms with E-state index >= 15 is 0 Å². The van der Waals surface area contributed by atoms with Crippen molar-refractivity contribution >= 4 is 11.8 Å². The summed E-state index contributed by atoms with van der Waals surface area (Å²) >= 11 is 0. The van der Waals surface area contributed by atoms with Crippen LogP contribution in [0.5, 0.6) is 5.75 Å². The average molecular weight is 364 g/mol. The van der Waals surface area contributed by atoms with E-state index in [1.54, 1.807) is 18.2 Å². The van der Waals surface area contributed by atoms with Gasteiger partial charge in [-0.1, -0.05) is 60.7 Å². The topological polar surface area (TPSA) is 52.6 Å². The third-order valence-electron chi connectivity index (χ3n) is 3.86. The first-order valence-electron chi connectivity index (χ1n) is 8.36. The molecule has 0 heterocycles. The van der Waals surface area contributed by atoms with Gasteiger partial charge in [-0.2, -0.15) is 0 Å². The predicted octanol–water partition coefficient (Wildman–Crippen LogP) is 4.30. The number of esters is 1. The number of rotatable bonds is 7. The van der Waals surface area contributed by atoms with Crippen LogP contribution in [0.4, 0.5) is 4.39 Å². The minimum absolute atomic E-state index is 0.111. The summed E-state index contributed by atoms with van der Waals surface area (Å²) < 4.78 is 24.0. The highest BCUT2D eigenvalue weighted by molar-refractivity contribution is 5.98. The van der Waals surface area contributed by atoms with Gasteiger partial charge >= 0.3 is 5.97 Å². The highest BCUT2D eigenvalue weighted by Crippen LogP contribution is 2.29. The zero-order valence-electron chi connectivity index (χ0n) is 14.4. The maximum absolute atomic E-state index is 13.6. The minimum Gasteiger partial charge on any atom is -0.481 e. The average Bonchev–Trinajstić information content (AvgIpc) is 2.71. The third-order valence-corrected chi connectivity index (χ3v) is 3.86. The van der Waals surface area contributed by atoms with Crippen LogP contribution in [-0.4, -0.2) is 25.0 Å². The largest absolute Gasteiger partial charge is 0.481 e. The summed E-state index contributed by atoms with van der Waals surface area (Å²) in [6.45, 7) is -0.891. The zero-order valence-corrected chi connectivity index (χ0v) is 14.4. The van der Waals surface area contributed by atoms with E-state index in [4.69, 9.17) is 9.47 Å². The van der Waals surface area contributed by atoms with Crippen molar-refractivity contribution in [2.45, 2.75) is 0 Å². The number of para-hydroxylation sites is 1. The Bertz CT molecular complexity index is 938. The highest BCUT2D eigenvalue weighted by atomic mass is 19.1. The normalized spacial score (nSPS) is 10.3. The molecule has 0 aliphatic rings. The Morgan fingerprint density at radius 2 is 1.44 bits per heavy atom. The SMILES string of the molecule is O=C(COc1ccccc1-c1ccccc1)OCC(=O)c1ccccc1F. The molecule has 0 radical (unpaired) electrons. The van der Waals surface area contributed by atoms with Crippen molar-refractivity contribution in [1.29, 1.82) is 0 Å². The third kappa shape index (κ3) is 4.79. The van der Waals surface area contributed by atoms with Crippen molar-refractivity contribution in [1.82, 2.24) is 0 Å². The van der Waals surface area contributed by atoms with E-state index in [2.05, 4.69) is 0 Å². The molecule has 4 nitrogen and oxygen atoms in total. The van der Waals surface area contributed by atoms with Crippen LogP contribution in [-0.2, 0) is 9.53 Å². The molecule has 0 aliphatic carbocycles. The fourth-order valence-electron chi connectivity index (χ4n) is 2.54. The van der Waals surface area contributed by atoms with Gasteiger partial charge in [-0.25, -0.2) is 9.18 Å². The molecule has 136 valence electrons. The van der Waals surface area contributed by atoms with E-state index < -0.39 is 24.2 Å². The van der Waals surface area contributed by atoms with Gasteiger partial charge in [0.25, 0.3) is 0 Å². The number of benzene rings is 3. The summed E-state index contributed by atoms with van der Waals surface area (Å²) in [5.41, 5.74) is 1.69. The molecule has 0 atom stereocenters. The molecule has 0 aromatic heterocycles. The summed E-state index contributed by atoms with van der Waals surface area (Å²) in [5, 5.41) is 0. The quantitative estimate of drug-likeness (QED) is 0.463. The van der Waals surface area contributed by atoms with Gasteiger partial charge in [0.05, 0.1) is 5.56 Å². The second kappa shape index (κ2) is 8.76. The van der Waals surface area contributed by atoms with Gasteiger partial charge in [0.15, 0.2) is 13.2 Å². The van der Waals surface area contributed by atoms with Crippen molar-refractivity contribution < 1.29 is 23.5 Å². The number of hydrogen-bond donors (Lipinski definition) is 0. The Kier molecular flexibility index (Phi) is 5.94. The fourth-order valence-corrected chi connectivity index (χ4v) is 2.54. The van der Waals surface area contributed by atoms with E-state index in [0.717, 1.165) is 11.1 Å². The summed E-state index contributed by atoms with van der Waals surface area (Å²) in [4.78, 5) is 23.8. The molecule has 3 rings (SSSR count). The molecule has 0 spiro atoms. The molecule has 0 amide bonds. The van der Waals surface area contributed by atoms with Crippen LogP contribution in [0.1, 0.15) is 10.4 Å². The van der Waals surface area contributed by atoms with E-state index in [1.807, 2.05) is 42.5 Å². The molecule has 0 aliphatic heterocycles. The van der Waals surface area contributed by atoms with Gasteiger partial charge in [0, 0.05) is 5.56 Å². The van der Waals surface area contributed by atoms with Crippen LogP contribution in [0.2, 0.25) is 0 Å². The lowest BCUT2D eigenvalue weighted by Crippen LogP contribution is -2.20. The van der Waals surface area contributed by atoms with Gasteiger partial charge in [-0.3, -0.25) is 4.79 Å². The molecule has 27 heavy (non-hydrogen) atoms. The lowest BCUT2D eigenvalue weighted by molar-refractivity contribution is -0.144. The van der Waals surface area contributed by atoms with Gasteiger partial charge in [-0.15, -0.1) is 0 Å². The number of halogens is 1. The molecule has 0 N–H and O–H groups in total. The summed E-state index contributed by atoms with van der Waals surface area (Å²) in [7, 11) is 0. The lowest BCUT2D eigenvalue weighted by atomic mass is 10.1. The number of Topliss-reactive ketones (excluding diaryl/α,β-unsaturated/α-hetero) is 1. The van der Waals surface area contributed by atoms with Gasteiger partial charge < -0.3 is 9.47 Å². The molecule has 0 unspecified atom stereocenters. The van der Waals surface area contributed by atoms with Gasteiger partial charge in [0.2, 0.25) is 5.78 Å². The van der Waals surface area contributed by atoms with E-state index in [1.165, 1.54) is 18.2 Å². The number of ketones is 1. The monoisotopic (exact) mass is 364 g/mol. The van der Waals surface area contributed by atoms with Crippen LogP contribution >= 0.6 is 0 Å². The van der Waals surface area contributed by atoms with Gasteiger partial charge in [0.1, 0.15) is 11.6 Å². The van der Waals surface area contributed by atoms with Crippen LogP contribution in [0.3, 0.4) is 0 Å². The van der Waals surface area contributed by atoms with Crippen molar-refractivity contribution in [3.05, 3.63) is 90.2 Å². The van der Waals surface area contributed by atoms with E-state index in [-0.39, 0.29) is 12.2 Å². The standard InChI is InChI=1S/C22H17FO4/c23-19-12-6-4-11-18(19)20(24)14-27-22(25)15-26-21-13-7-5-10-17(21)16-8-2-1-3-9-16/h1-13H,14-15H2. The zero-order chi connectivity index (χ0) is 19.1. The lowest BCUT2D eigenvalue weighted by Gasteiger charge is -2.11. The Morgan fingerprint density at radius 1 is 0.778 bits per heavy atom. The number of ether oxygens (including phenoxy) is 2. The molecule has 0 saturated heterocycles. The van der Waals surface area contributed by atoms with Crippen LogP contribution in [0.25, 0.3) is 11.1 Å². The molecule has 3 aromatic carbocycles. The molecular formula is C22H17FO4. The molecule has 0 saturated carbocycles. The first-order chi connectivity index (χ1) is 13.1. The number of carbonyl (C=O) groups excluding carboxylic acids is 2. The van der Waals surface area contributed by atoms with Crippen molar-refractivity contribution in [2.75, 3.05) is 13.2 Å². The first-order valence-corrected chi connectivity index (χ1v) is 8.36. The number of carbonyl (C=O) groups is 2. The minimum atomic E-state index is -0.706. The fraction of sp³-hybridized carbons (Fsp3) is 0.0909. The van der Waals surface area contributed by atoms with Crippen molar-refractivity contribution in [2.24, 2.45) is 0 Å². The molecule has 5 heteroatoms. The molecule has 0 fully saturated rings. The Hall–Kier alpha value is -3.47. The first kappa shape index (κ1) is 18.3. The van der Waals surface area contributed by atoms with Crippen molar-refractivity contribution in [3.63, 3.8) is 0 Å². The van der Waals surface area contributed by atoms with Gasteiger partial charge in [-0.05, 0) is 23.8 Å². The van der Waals surface area contributed by atoms with Crippen molar-refractivity contribution in [3.8, 4) is 16.9 Å². The highest BCUT2D eigenvalue weighted by Gasteiger charge is 2.14. The van der Waals surface area contributed by atoms with Crippen LogP contribution in [0.15, 0.2) is 78.9 Å². The Labute approximate surface area is 156 Å².